The number of nitrogens with zero attached hydrogens (tertiary/aromatic N) is 3. The van der Waals surface area contributed by atoms with Crippen molar-refractivity contribution in [1.29, 1.82) is 0 Å². The van der Waals surface area contributed by atoms with Crippen LogP contribution in [0, 0.1) is 11.8 Å². The first kappa shape index (κ1) is 21.9. The van der Waals surface area contributed by atoms with E-state index in [4.69, 9.17) is 0 Å². The maximum Gasteiger partial charge on any atom is 0.279 e. The van der Waals surface area contributed by atoms with Crippen LogP contribution >= 0.6 is 11.3 Å². The number of fused-ring (bicyclic) bond motifs is 1. The van der Waals surface area contributed by atoms with Crippen molar-refractivity contribution in [2.24, 2.45) is 16.8 Å². The standard InChI is InChI=1S/C23H27N3O3S2/c1-4-26-20-10-5-6-11-21(20)30-23(26)24-22(27)18-8-7-9-19(13-18)31(28,29)25-14-16(2)12-17(3)15-25/h5-11,13,16-17H,4,12,14-15H2,1-3H3/t16-,17-/m1/s1. The smallest absolute Gasteiger partial charge is 0.279 e. The minimum atomic E-state index is -3.65. The van der Waals surface area contributed by atoms with Gasteiger partial charge in [0.15, 0.2) is 4.80 Å². The number of aromatic nitrogens is 1. The highest BCUT2D eigenvalue weighted by Gasteiger charge is 2.32. The van der Waals surface area contributed by atoms with Gasteiger partial charge in [-0.2, -0.15) is 9.30 Å². The molecule has 0 saturated carbocycles. The molecule has 0 spiro atoms. The number of amides is 1. The number of aryl methyl sites for hydroxylation is 1. The zero-order valence-corrected chi connectivity index (χ0v) is 19.6. The van der Waals surface area contributed by atoms with E-state index in [0.717, 1.165) is 16.6 Å². The average molecular weight is 458 g/mol. The predicted octanol–water partition coefficient (Wildman–Crippen LogP) is 4.13. The van der Waals surface area contributed by atoms with Gasteiger partial charge in [-0.25, -0.2) is 8.42 Å². The molecule has 2 heterocycles. The number of carbonyl (C=O) groups excluding carboxylic acids is 1. The molecule has 0 N–H and O–H groups in total. The van der Waals surface area contributed by atoms with Crippen molar-refractivity contribution >= 4 is 37.5 Å². The van der Waals surface area contributed by atoms with Gasteiger partial charge in [-0.05, 0) is 55.5 Å². The summed E-state index contributed by atoms with van der Waals surface area (Å²) in [6.45, 7) is 7.86. The molecule has 2 aromatic carbocycles. The molecule has 4 rings (SSSR count). The van der Waals surface area contributed by atoms with E-state index in [1.165, 1.54) is 17.4 Å². The zero-order valence-electron chi connectivity index (χ0n) is 18.0. The van der Waals surface area contributed by atoms with Crippen LogP contribution in [0.5, 0.6) is 0 Å². The number of benzene rings is 2. The van der Waals surface area contributed by atoms with Crippen LogP contribution in [0.1, 0.15) is 37.6 Å². The maximum absolute atomic E-state index is 13.2. The second-order valence-corrected chi connectivity index (χ2v) is 11.3. The molecule has 1 aliphatic rings. The van der Waals surface area contributed by atoms with Gasteiger partial charge in [-0.1, -0.05) is 43.4 Å². The number of para-hydroxylation sites is 1. The van der Waals surface area contributed by atoms with E-state index in [-0.39, 0.29) is 10.5 Å². The first-order chi connectivity index (χ1) is 14.8. The number of rotatable bonds is 4. The lowest BCUT2D eigenvalue weighted by molar-refractivity contribution is 0.0997. The maximum atomic E-state index is 13.2. The highest BCUT2D eigenvalue weighted by Crippen LogP contribution is 2.27. The van der Waals surface area contributed by atoms with Gasteiger partial charge >= 0.3 is 0 Å². The Labute approximate surface area is 186 Å². The van der Waals surface area contributed by atoms with E-state index in [9.17, 15) is 13.2 Å². The van der Waals surface area contributed by atoms with Crippen molar-refractivity contribution in [3.63, 3.8) is 0 Å². The molecule has 2 atom stereocenters. The predicted molar refractivity (Wildman–Crippen MR) is 124 cm³/mol. The SMILES string of the molecule is CCn1c(=NC(=O)c2cccc(S(=O)(=O)N3C[C@H](C)C[C@@H](C)C3)c2)sc2ccccc21. The first-order valence-electron chi connectivity index (χ1n) is 10.6. The molecule has 6 nitrogen and oxygen atoms in total. The number of hydrogen-bond donors (Lipinski definition) is 0. The average Bonchev–Trinajstić information content (AvgIpc) is 3.10. The van der Waals surface area contributed by atoms with E-state index in [1.54, 1.807) is 22.5 Å². The van der Waals surface area contributed by atoms with Crippen LogP contribution in [0.4, 0.5) is 0 Å². The van der Waals surface area contributed by atoms with Gasteiger partial charge in [0.1, 0.15) is 0 Å². The minimum Gasteiger partial charge on any atom is -0.317 e. The summed E-state index contributed by atoms with van der Waals surface area (Å²) in [6, 6.07) is 14.2. The largest absolute Gasteiger partial charge is 0.317 e. The summed E-state index contributed by atoms with van der Waals surface area (Å²) in [6.07, 6.45) is 1.02. The van der Waals surface area contributed by atoms with Crippen LogP contribution in [0.15, 0.2) is 58.4 Å². The second-order valence-electron chi connectivity index (χ2n) is 8.31. The van der Waals surface area contributed by atoms with E-state index < -0.39 is 15.9 Å². The Balaban J connectivity index is 1.69. The summed E-state index contributed by atoms with van der Waals surface area (Å²) in [4.78, 5) is 18.0. The molecule has 0 unspecified atom stereocenters. The summed E-state index contributed by atoms with van der Waals surface area (Å²) in [7, 11) is -3.65. The molecule has 8 heteroatoms. The first-order valence-corrected chi connectivity index (χ1v) is 12.8. The number of thiazole rings is 1. The molecule has 164 valence electrons. The molecule has 1 fully saturated rings. The van der Waals surface area contributed by atoms with Gasteiger partial charge in [0, 0.05) is 25.2 Å². The van der Waals surface area contributed by atoms with Crippen LogP contribution in [0.2, 0.25) is 0 Å². The van der Waals surface area contributed by atoms with Crippen molar-refractivity contribution < 1.29 is 13.2 Å². The van der Waals surface area contributed by atoms with Gasteiger partial charge in [0.05, 0.1) is 15.1 Å². The van der Waals surface area contributed by atoms with Crippen LogP contribution in [0.3, 0.4) is 0 Å². The Morgan fingerprint density at radius 1 is 1.10 bits per heavy atom. The molecular formula is C23H27N3O3S2. The number of sulfonamides is 1. The molecule has 31 heavy (non-hydrogen) atoms. The fourth-order valence-corrected chi connectivity index (χ4v) is 7.12. The minimum absolute atomic E-state index is 0.148. The van der Waals surface area contributed by atoms with Gasteiger partial charge in [-0.3, -0.25) is 4.79 Å². The van der Waals surface area contributed by atoms with Crippen molar-refractivity contribution in [1.82, 2.24) is 8.87 Å². The molecule has 3 aromatic rings. The fraction of sp³-hybridized carbons (Fsp3) is 0.391. The molecule has 0 radical (unpaired) electrons. The second kappa shape index (κ2) is 8.68. The summed E-state index contributed by atoms with van der Waals surface area (Å²) in [5.41, 5.74) is 1.31. The molecule has 1 saturated heterocycles. The fourth-order valence-electron chi connectivity index (χ4n) is 4.30. The number of hydrogen-bond acceptors (Lipinski definition) is 4. The third kappa shape index (κ3) is 4.37. The van der Waals surface area contributed by atoms with Gasteiger partial charge < -0.3 is 4.57 Å². The molecular weight excluding hydrogens is 430 g/mol. The summed E-state index contributed by atoms with van der Waals surface area (Å²) >= 11 is 1.45. The lowest BCUT2D eigenvalue weighted by atomic mass is 9.94. The molecule has 0 bridgehead atoms. The highest BCUT2D eigenvalue weighted by molar-refractivity contribution is 7.89. The third-order valence-electron chi connectivity index (χ3n) is 5.66. The summed E-state index contributed by atoms with van der Waals surface area (Å²) < 4.78 is 31.0. The molecule has 1 amide bonds. The highest BCUT2D eigenvalue weighted by atomic mass is 32.2. The van der Waals surface area contributed by atoms with Crippen LogP contribution < -0.4 is 4.80 Å². The van der Waals surface area contributed by atoms with Crippen molar-refractivity contribution in [3.05, 3.63) is 58.9 Å². The van der Waals surface area contributed by atoms with Crippen molar-refractivity contribution in [2.75, 3.05) is 13.1 Å². The van der Waals surface area contributed by atoms with E-state index in [2.05, 4.69) is 18.8 Å². The summed E-state index contributed by atoms with van der Waals surface area (Å²) in [5.74, 6) is 0.192. The zero-order chi connectivity index (χ0) is 22.2. The van der Waals surface area contributed by atoms with Crippen LogP contribution in [0.25, 0.3) is 10.2 Å². The van der Waals surface area contributed by atoms with Gasteiger partial charge in [0.25, 0.3) is 5.91 Å². The van der Waals surface area contributed by atoms with Gasteiger partial charge in [-0.15, -0.1) is 0 Å². The number of piperidine rings is 1. The molecule has 1 aromatic heterocycles. The lowest BCUT2D eigenvalue weighted by Crippen LogP contribution is -2.42. The normalized spacial score (nSPS) is 20.9. The van der Waals surface area contributed by atoms with Crippen molar-refractivity contribution in [2.45, 2.75) is 38.6 Å². The topological polar surface area (TPSA) is 71.7 Å². The lowest BCUT2D eigenvalue weighted by Gasteiger charge is -2.34. The number of carbonyl (C=O) groups is 1. The Hall–Kier alpha value is -2.29. The molecule has 0 aliphatic carbocycles. The van der Waals surface area contributed by atoms with E-state index >= 15 is 0 Å². The van der Waals surface area contributed by atoms with Crippen molar-refractivity contribution in [3.8, 4) is 0 Å². The monoisotopic (exact) mass is 457 g/mol. The van der Waals surface area contributed by atoms with E-state index in [1.807, 2.05) is 35.8 Å². The molecule has 1 aliphatic heterocycles. The van der Waals surface area contributed by atoms with E-state index in [0.29, 0.717) is 36.3 Å². The Bertz CT molecular complexity index is 1280. The Morgan fingerprint density at radius 3 is 2.52 bits per heavy atom. The third-order valence-corrected chi connectivity index (χ3v) is 8.54. The Kier molecular flexibility index (Phi) is 6.14. The Morgan fingerprint density at radius 2 is 1.81 bits per heavy atom. The quantitative estimate of drug-likeness (QED) is 0.591. The van der Waals surface area contributed by atoms with Crippen LogP contribution in [-0.4, -0.2) is 36.3 Å². The van der Waals surface area contributed by atoms with Gasteiger partial charge in [0.2, 0.25) is 10.0 Å². The summed E-state index contributed by atoms with van der Waals surface area (Å²) in [5, 5.41) is 0. The van der Waals surface area contributed by atoms with Crippen LogP contribution in [-0.2, 0) is 16.6 Å².